The van der Waals surface area contributed by atoms with E-state index in [1.165, 1.54) is 6.42 Å². The van der Waals surface area contributed by atoms with Crippen LogP contribution in [0.5, 0.6) is 0 Å². The van der Waals surface area contributed by atoms with Crippen molar-refractivity contribution in [1.29, 1.82) is 5.26 Å². The zero-order valence-electron chi connectivity index (χ0n) is 15.7. The Morgan fingerprint density at radius 2 is 2.26 bits per heavy atom. The van der Waals surface area contributed by atoms with Crippen molar-refractivity contribution in [3.05, 3.63) is 40.4 Å². The summed E-state index contributed by atoms with van der Waals surface area (Å²) in [5, 5.41) is 20.8. The van der Waals surface area contributed by atoms with Gasteiger partial charge in [0.15, 0.2) is 0 Å². The summed E-state index contributed by atoms with van der Waals surface area (Å²) in [4.78, 5) is 0. The molecular weight excluding hydrogens is 356 g/mol. The van der Waals surface area contributed by atoms with E-state index >= 15 is 0 Å². The number of nitriles is 1. The number of piperidine rings is 1. The van der Waals surface area contributed by atoms with Gasteiger partial charge in [0.05, 0.1) is 17.8 Å². The Morgan fingerprint density at radius 1 is 1.41 bits per heavy atom. The lowest BCUT2D eigenvalue weighted by atomic mass is 9.94. The number of nitrogens with one attached hydrogen (secondary N) is 2. The first kappa shape index (κ1) is 18.0. The number of fused-ring (bicyclic) bond motifs is 1. The van der Waals surface area contributed by atoms with Gasteiger partial charge in [0, 0.05) is 30.1 Å². The summed E-state index contributed by atoms with van der Waals surface area (Å²) in [6, 6.07) is 4.86. The topological polar surface area (TPSA) is 73.8 Å². The summed E-state index contributed by atoms with van der Waals surface area (Å²) >= 11 is 5.36. The Bertz CT molecular complexity index is 1060. The van der Waals surface area contributed by atoms with Gasteiger partial charge in [-0.15, -0.1) is 0 Å². The van der Waals surface area contributed by atoms with Crippen molar-refractivity contribution in [1.82, 2.24) is 24.7 Å². The highest BCUT2D eigenvalue weighted by Crippen LogP contribution is 2.31. The Kier molecular flexibility index (Phi) is 4.85. The molecule has 140 valence electrons. The van der Waals surface area contributed by atoms with Gasteiger partial charge in [-0.05, 0) is 43.4 Å². The van der Waals surface area contributed by atoms with Crippen LogP contribution >= 0.6 is 12.2 Å². The highest BCUT2D eigenvalue weighted by atomic mass is 32.1. The Hall–Kier alpha value is -2.43. The van der Waals surface area contributed by atoms with Crippen molar-refractivity contribution in [2.45, 2.75) is 45.1 Å². The van der Waals surface area contributed by atoms with E-state index in [0.717, 1.165) is 48.1 Å². The maximum absolute atomic E-state index is 9.55. The number of nitrogens with zero attached hydrogens (tertiary/aromatic N) is 4. The van der Waals surface area contributed by atoms with E-state index in [-0.39, 0.29) is 0 Å². The summed E-state index contributed by atoms with van der Waals surface area (Å²) in [7, 11) is 0. The quantitative estimate of drug-likeness (QED) is 0.666. The number of H-pyrrole nitrogens is 1. The first-order valence-corrected chi connectivity index (χ1v) is 9.96. The normalized spacial score (nSPS) is 18.5. The van der Waals surface area contributed by atoms with Gasteiger partial charge in [-0.3, -0.25) is 14.3 Å². The van der Waals surface area contributed by atoms with Crippen LogP contribution in [0.2, 0.25) is 0 Å². The molecule has 0 aliphatic carbocycles. The predicted octanol–water partition coefficient (Wildman–Crippen LogP) is 4.17. The molecule has 2 N–H and O–H groups in total. The molecule has 0 radical (unpaired) electrons. The minimum atomic E-state index is 0.329. The molecular formula is C20H24N6S. The van der Waals surface area contributed by atoms with Crippen LogP contribution in [-0.2, 0) is 0 Å². The van der Waals surface area contributed by atoms with E-state index in [4.69, 9.17) is 12.2 Å². The molecule has 6 nitrogen and oxygen atoms in total. The molecule has 0 spiro atoms. The second-order valence-corrected chi connectivity index (χ2v) is 7.76. The lowest BCUT2D eigenvalue weighted by Gasteiger charge is -2.22. The van der Waals surface area contributed by atoms with E-state index in [0.29, 0.717) is 22.2 Å². The minimum absolute atomic E-state index is 0.329. The van der Waals surface area contributed by atoms with Crippen molar-refractivity contribution in [2.24, 2.45) is 0 Å². The molecule has 4 heterocycles. The van der Waals surface area contributed by atoms with Gasteiger partial charge in [0.1, 0.15) is 16.3 Å². The van der Waals surface area contributed by atoms with E-state index in [1.807, 2.05) is 16.9 Å². The molecule has 0 unspecified atom stereocenters. The molecule has 2 atom stereocenters. The summed E-state index contributed by atoms with van der Waals surface area (Å²) in [5.41, 5.74) is 4.75. The largest absolute Gasteiger partial charge is 0.315 e. The Morgan fingerprint density at radius 3 is 2.96 bits per heavy atom. The monoisotopic (exact) mass is 380 g/mol. The summed E-state index contributed by atoms with van der Waals surface area (Å²) < 4.78 is 4.47. The van der Waals surface area contributed by atoms with Crippen LogP contribution in [0.4, 0.5) is 0 Å². The molecule has 1 fully saturated rings. The van der Waals surface area contributed by atoms with Crippen molar-refractivity contribution in [3.63, 3.8) is 0 Å². The van der Waals surface area contributed by atoms with Crippen LogP contribution < -0.4 is 5.32 Å². The van der Waals surface area contributed by atoms with Gasteiger partial charge in [-0.2, -0.15) is 10.4 Å². The van der Waals surface area contributed by atoms with Crippen LogP contribution in [0.3, 0.4) is 0 Å². The fraction of sp³-hybridized carbons (Fsp3) is 0.450. The molecule has 0 saturated carbocycles. The van der Waals surface area contributed by atoms with Gasteiger partial charge in [-0.1, -0.05) is 26.1 Å². The van der Waals surface area contributed by atoms with Gasteiger partial charge in [0.25, 0.3) is 0 Å². The molecule has 7 heteroatoms. The molecule has 3 aromatic heterocycles. The number of hydrogen-bond acceptors (Lipinski definition) is 4. The van der Waals surface area contributed by atoms with E-state index < -0.39 is 0 Å². The van der Waals surface area contributed by atoms with Gasteiger partial charge in [0.2, 0.25) is 0 Å². The van der Waals surface area contributed by atoms with Crippen LogP contribution in [0.15, 0.2) is 24.7 Å². The zero-order valence-corrected chi connectivity index (χ0v) is 16.5. The summed E-state index contributed by atoms with van der Waals surface area (Å²) in [6.45, 7) is 6.41. The van der Waals surface area contributed by atoms with Crippen LogP contribution in [0, 0.1) is 16.0 Å². The molecule has 0 amide bonds. The molecule has 0 bridgehead atoms. The van der Waals surface area contributed by atoms with Crippen molar-refractivity contribution in [2.75, 3.05) is 13.1 Å². The lowest BCUT2D eigenvalue weighted by Crippen LogP contribution is -2.31. The number of rotatable bonds is 4. The first-order valence-electron chi connectivity index (χ1n) is 9.56. The zero-order chi connectivity index (χ0) is 19.0. The van der Waals surface area contributed by atoms with E-state index in [9.17, 15) is 5.26 Å². The van der Waals surface area contributed by atoms with Gasteiger partial charge >= 0.3 is 0 Å². The van der Waals surface area contributed by atoms with Crippen LogP contribution in [0.25, 0.3) is 16.6 Å². The minimum Gasteiger partial charge on any atom is -0.315 e. The highest BCUT2D eigenvalue weighted by molar-refractivity contribution is 7.71. The maximum Gasteiger partial charge on any atom is 0.138 e. The molecule has 1 saturated heterocycles. The molecule has 4 rings (SSSR count). The first-order chi connectivity index (χ1) is 13.1. The molecule has 3 aromatic rings. The molecule has 27 heavy (non-hydrogen) atoms. The van der Waals surface area contributed by atoms with E-state index in [2.05, 4.69) is 52.4 Å². The highest BCUT2D eigenvalue weighted by Gasteiger charge is 2.19. The van der Waals surface area contributed by atoms with Gasteiger partial charge < -0.3 is 5.32 Å². The van der Waals surface area contributed by atoms with Crippen LogP contribution in [0.1, 0.15) is 56.2 Å². The fourth-order valence-electron chi connectivity index (χ4n) is 3.84. The maximum atomic E-state index is 9.55. The van der Waals surface area contributed by atoms with Crippen LogP contribution in [-0.4, -0.2) is 32.5 Å². The third-order valence-electron chi connectivity index (χ3n) is 5.61. The third kappa shape index (κ3) is 3.20. The van der Waals surface area contributed by atoms with Crippen molar-refractivity contribution in [3.8, 4) is 17.2 Å². The number of aromatic nitrogens is 4. The predicted molar refractivity (Wildman–Crippen MR) is 108 cm³/mol. The summed E-state index contributed by atoms with van der Waals surface area (Å²) in [6.07, 6.45) is 9.40. The Balaban J connectivity index is 1.82. The number of aromatic amines is 1. The smallest absolute Gasteiger partial charge is 0.138 e. The molecule has 1 aliphatic heterocycles. The fourth-order valence-corrected chi connectivity index (χ4v) is 4.09. The van der Waals surface area contributed by atoms with E-state index in [1.54, 1.807) is 0 Å². The third-order valence-corrected chi connectivity index (χ3v) is 5.91. The lowest BCUT2D eigenvalue weighted by molar-refractivity contribution is 0.347. The van der Waals surface area contributed by atoms with Crippen molar-refractivity contribution < 1.29 is 0 Å². The number of pyridine rings is 1. The second-order valence-electron chi connectivity index (χ2n) is 7.35. The van der Waals surface area contributed by atoms with Crippen molar-refractivity contribution >= 4 is 17.7 Å². The molecule has 0 aromatic carbocycles. The second kappa shape index (κ2) is 7.29. The Labute approximate surface area is 163 Å². The number of hydrogen-bond donors (Lipinski definition) is 2. The SMILES string of the molecule is CC[C@@H](C)c1cc(-c2cnn([C@H]3CCCNC3)c2)cn2[nH]c(=S)c(C#N)c12. The standard InChI is InChI=1S/C20H24N6S/c1-3-13(2)17-7-14(11-26-19(17)18(8-21)20(27)24-26)15-9-23-25(12-15)16-5-4-6-22-10-16/h7,9,11-13,16,22H,3-6,10H2,1-2H3,(H,24,27)/t13-,16+/m1/s1. The average Bonchev–Trinajstić information content (AvgIpc) is 3.31. The molecule has 1 aliphatic rings. The summed E-state index contributed by atoms with van der Waals surface area (Å²) in [5.74, 6) is 0.329. The average molecular weight is 381 g/mol. The van der Waals surface area contributed by atoms with Gasteiger partial charge in [-0.25, -0.2) is 0 Å².